The number of ether oxygens (including phenoxy) is 4. The molecule has 8 atom stereocenters. The molecule has 1 aromatic carbocycles. The van der Waals surface area contributed by atoms with Crippen molar-refractivity contribution >= 4 is 52.4 Å². The van der Waals surface area contributed by atoms with E-state index in [9.17, 15) is 24.3 Å². The summed E-state index contributed by atoms with van der Waals surface area (Å²) >= 11 is 6.95. The van der Waals surface area contributed by atoms with Crippen LogP contribution < -0.4 is 25.4 Å². The number of nitrogens with one attached hydrogen (secondary N) is 3. The number of pyridine rings is 1. The highest BCUT2D eigenvalue weighted by molar-refractivity contribution is 6.36. The summed E-state index contributed by atoms with van der Waals surface area (Å²) in [5.41, 5.74) is -0.244. The highest BCUT2D eigenvalue weighted by Crippen LogP contribution is 2.48. The molecule has 0 bridgehead atoms. The van der Waals surface area contributed by atoms with Crippen molar-refractivity contribution in [2.75, 3.05) is 32.2 Å². The third-order valence-electron chi connectivity index (χ3n) is 12.7. The fraction of sp³-hybridized carbons (Fsp3) is 0.636. The fourth-order valence-corrected chi connectivity index (χ4v) is 9.30. The number of carboxylic acid groups (broad SMARTS) is 1. The van der Waals surface area contributed by atoms with Gasteiger partial charge in [0.25, 0.3) is 6.01 Å². The molecule has 2 saturated carbocycles. The number of hydrogen-bond donors (Lipinski definition) is 4. The maximum Gasteiger partial charge on any atom is 0.408 e. The molecule has 2 aliphatic heterocycles. The van der Waals surface area contributed by atoms with Crippen LogP contribution in [0.2, 0.25) is 5.02 Å². The molecule has 61 heavy (non-hydrogen) atoms. The summed E-state index contributed by atoms with van der Waals surface area (Å²) in [7, 11) is 1.57. The number of hydrogen-bond acceptors (Lipinski definition) is 12. The van der Waals surface area contributed by atoms with Crippen LogP contribution in [0.1, 0.15) is 98.3 Å². The van der Waals surface area contributed by atoms with Crippen LogP contribution in [0.3, 0.4) is 0 Å². The lowest BCUT2D eigenvalue weighted by molar-refractivity contribution is -0.146. The Labute approximate surface area is 361 Å². The summed E-state index contributed by atoms with van der Waals surface area (Å²) < 4.78 is 29.3. The molecule has 332 valence electrons. The number of fused-ring (bicyclic) bond motifs is 3. The Morgan fingerprint density at radius 3 is 2.46 bits per heavy atom. The van der Waals surface area contributed by atoms with E-state index in [2.05, 4.69) is 34.8 Å². The van der Waals surface area contributed by atoms with Crippen LogP contribution in [0, 0.1) is 17.8 Å². The Kier molecular flexibility index (Phi) is 13.8. The van der Waals surface area contributed by atoms with Crippen molar-refractivity contribution in [1.29, 1.82) is 0 Å². The first-order valence-corrected chi connectivity index (χ1v) is 22.1. The summed E-state index contributed by atoms with van der Waals surface area (Å²) in [4.78, 5) is 66.1. The number of halogens is 1. The van der Waals surface area contributed by atoms with E-state index >= 15 is 0 Å². The highest BCUT2D eigenvalue weighted by Gasteiger charge is 2.62. The number of carbonyl (C=O) groups is 4. The smallest absolute Gasteiger partial charge is 0.408 e. The molecule has 17 heteroatoms. The van der Waals surface area contributed by atoms with Gasteiger partial charge >= 0.3 is 12.1 Å². The molecule has 4 N–H and O–H groups in total. The molecule has 4 aliphatic rings. The van der Waals surface area contributed by atoms with Gasteiger partial charge in [0.1, 0.15) is 64.9 Å². The monoisotopic (exact) mass is 866 g/mol. The van der Waals surface area contributed by atoms with Gasteiger partial charge in [0, 0.05) is 31.0 Å². The van der Waals surface area contributed by atoms with Crippen molar-refractivity contribution in [1.82, 2.24) is 25.5 Å². The minimum absolute atomic E-state index is 0.0250. The standard InChI is InChI=1S/C44H59ClN6O10/c1-24(2)46-42-48-33(23-59-42)32-20-36(30-13-14-35(58-16-15-57-5)37(45)38(30)47-32)60-29-19-34-39(52)50-44(41(54)55)21-27(44)11-9-7-6-8-10-12-31(40(53)51(34)22-29)49-43(56)61-28-17-25(3)26(4)18-28/h13-14,20,23-29,31,34H,6-12,15-19,21-22H2,1-5H3,(H,46,48)(H,49,56)(H,50,52)(H,54,55)/t25-,26?,27-,28?,29-,31+,34+,44-/m1/s1. The Hall–Kier alpha value is -4.83. The molecule has 3 aromatic rings. The number of aromatic nitrogens is 2. The van der Waals surface area contributed by atoms with E-state index in [0.29, 0.717) is 83.9 Å². The van der Waals surface area contributed by atoms with Gasteiger partial charge in [-0.3, -0.25) is 9.59 Å². The first kappa shape index (κ1) is 44.2. The summed E-state index contributed by atoms with van der Waals surface area (Å²) in [5, 5.41) is 20.0. The maximum atomic E-state index is 14.7. The zero-order chi connectivity index (χ0) is 43.4. The number of amides is 3. The van der Waals surface area contributed by atoms with Crippen molar-refractivity contribution in [2.24, 2.45) is 17.8 Å². The minimum atomic E-state index is -1.40. The van der Waals surface area contributed by atoms with E-state index < -0.39 is 47.6 Å². The third kappa shape index (κ3) is 10.1. The Morgan fingerprint density at radius 1 is 1.00 bits per heavy atom. The zero-order valence-corrected chi connectivity index (χ0v) is 36.4. The first-order chi connectivity index (χ1) is 29.3. The molecule has 2 unspecified atom stereocenters. The van der Waals surface area contributed by atoms with Gasteiger partial charge < -0.3 is 49.3 Å². The van der Waals surface area contributed by atoms with Gasteiger partial charge in [-0.15, -0.1) is 0 Å². The number of aliphatic carboxylic acids is 1. The first-order valence-electron chi connectivity index (χ1n) is 21.7. The fourth-order valence-electron chi connectivity index (χ4n) is 9.03. The quantitative estimate of drug-likeness (QED) is 0.136. The summed E-state index contributed by atoms with van der Waals surface area (Å²) in [6.45, 7) is 8.77. The second-order valence-electron chi connectivity index (χ2n) is 17.6. The molecule has 2 saturated heterocycles. The van der Waals surface area contributed by atoms with Crippen LogP contribution in [0.15, 0.2) is 28.9 Å². The highest BCUT2D eigenvalue weighted by atomic mass is 35.5. The number of carbonyl (C=O) groups excluding carboxylic acids is 3. The number of benzene rings is 1. The topological polar surface area (TPSA) is 204 Å². The third-order valence-corrected chi connectivity index (χ3v) is 13.1. The second kappa shape index (κ2) is 19.1. The van der Waals surface area contributed by atoms with Crippen LogP contribution in [0.25, 0.3) is 22.3 Å². The molecule has 4 heterocycles. The van der Waals surface area contributed by atoms with Crippen molar-refractivity contribution in [3.05, 3.63) is 29.5 Å². The van der Waals surface area contributed by atoms with Crippen molar-refractivity contribution in [2.45, 2.75) is 134 Å². The van der Waals surface area contributed by atoms with Crippen LogP contribution >= 0.6 is 11.6 Å². The molecular formula is C44H59ClN6O10. The molecule has 2 aliphatic carbocycles. The average molecular weight is 867 g/mol. The number of carboxylic acids is 1. The lowest BCUT2D eigenvalue weighted by Crippen LogP contribution is -2.56. The molecule has 3 amide bonds. The molecule has 0 spiro atoms. The predicted molar refractivity (Wildman–Crippen MR) is 227 cm³/mol. The van der Waals surface area contributed by atoms with Crippen LogP contribution in [0.5, 0.6) is 11.5 Å². The lowest BCUT2D eigenvalue weighted by Gasteiger charge is -2.29. The van der Waals surface area contributed by atoms with E-state index in [0.717, 1.165) is 38.5 Å². The molecule has 16 nitrogen and oxygen atoms in total. The number of nitrogens with zero attached hydrogens (tertiary/aromatic N) is 3. The summed E-state index contributed by atoms with van der Waals surface area (Å²) in [5.74, 6) is -0.767. The number of oxazole rings is 1. The number of alkyl carbamates (subject to hydrolysis) is 1. The largest absolute Gasteiger partial charge is 0.490 e. The van der Waals surface area contributed by atoms with E-state index in [1.807, 2.05) is 13.8 Å². The SMILES string of the molecule is COCCOc1ccc2c(O[C@@H]3C[C@H]4C(=O)N[C@]5(C(=O)O)C[C@H]5CCCCCCC[C@H](NC(=O)OC5CC(C)[C@H](C)C5)C(=O)N4C3)cc(-c3coc(NC(C)C)n3)nc2c1Cl. The number of anilines is 1. The van der Waals surface area contributed by atoms with E-state index in [-0.39, 0.29) is 42.7 Å². The van der Waals surface area contributed by atoms with Crippen LogP contribution in [-0.2, 0) is 23.9 Å². The van der Waals surface area contributed by atoms with Gasteiger partial charge in [-0.1, -0.05) is 57.6 Å². The zero-order valence-electron chi connectivity index (χ0n) is 35.7. The molecule has 2 aromatic heterocycles. The number of rotatable bonds is 12. The van der Waals surface area contributed by atoms with E-state index in [4.69, 9.17) is 39.9 Å². The van der Waals surface area contributed by atoms with Gasteiger partial charge in [0.2, 0.25) is 11.8 Å². The van der Waals surface area contributed by atoms with E-state index in [1.165, 1.54) is 11.2 Å². The Morgan fingerprint density at radius 2 is 1.74 bits per heavy atom. The van der Waals surface area contributed by atoms with Gasteiger partial charge in [-0.2, -0.15) is 4.98 Å². The summed E-state index contributed by atoms with van der Waals surface area (Å²) in [6.07, 6.45) is 6.86. The van der Waals surface area contributed by atoms with Crippen molar-refractivity contribution in [3.63, 3.8) is 0 Å². The Balaban J connectivity index is 1.21. The maximum absolute atomic E-state index is 14.7. The lowest BCUT2D eigenvalue weighted by atomic mass is 10.0. The minimum Gasteiger partial charge on any atom is -0.490 e. The number of methoxy groups -OCH3 is 1. The second-order valence-corrected chi connectivity index (χ2v) is 18.0. The average Bonchev–Trinajstić information content (AvgIpc) is 3.47. The van der Waals surface area contributed by atoms with Gasteiger partial charge in [-0.25, -0.2) is 14.6 Å². The molecule has 7 rings (SSSR count). The van der Waals surface area contributed by atoms with Crippen molar-refractivity contribution < 1.29 is 47.6 Å². The van der Waals surface area contributed by atoms with Crippen LogP contribution in [-0.4, -0.2) is 107 Å². The molecule has 0 radical (unpaired) electrons. The van der Waals surface area contributed by atoms with Gasteiger partial charge in [-0.05, 0) is 75.8 Å². The van der Waals surface area contributed by atoms with Crippen molar-refractivity contribution in [3.8, 4) is 22.9 Å². The normalized spacial score (nSPS) is 28.3. The van der Waals surface area contributed by atoms with Gasteiger partial charge in [0.05, 0.1) is 24.4 Å². The van der Waals surface area contributed by atoms with Gasteiger partial charge in [0.15, 0.2) is 0 Å². The summed E-state index contributed by atoms with van der Waals surface area (Å²) in [6, 6.07) is 3.49. The Bertz CT molecular complexity index is 2070. The van der Waals surface area contributed by atoms with E-state index in [1.54, 1.807) is 25.3 Å². The van der Waals surface area contributed by atoms with Crippen LogP contribution in [0.4, 0.5) is 10.8 Å². The predicted octanol–water partition coefficient (Wildman–Crippen LogP) is 6.97. The molecular weight excluding hydrogens is 808 g/mol. The molecule has 4 fully saturated rings.